The Hall–Kier alpha value is -0.986. The topological polar surface area (TPSA) is 4.93 Å². The fraction of sp³-hybridized carbons (Fsp3) is 0.111. The number of halogens is 2. The summed E-state index contributed by atoms with van der Waals surface area (Å²) in [5.41, 5.74) is 2.83. The fourth-order valence-corrected chi connectivity index (χ4v) is 5.69. The van der Waals surface area contributed by atoms with Crippen LogP contribution < -0.4 is 0 Å². The van der Waals surface area contributed by atoms with E-state index >= 15 is 0 Å². The van der Waals surface area contributed by atoms with E-state index in [0.29, 0.717) is 0 Å². The monoisotopic (exact) mass is 365 g/mol. The fourth-order valence-electron chi connectivity index (χ4n) is 3.04. The number of benzene rings is 1. The standard InChI is InChI=1S/C13H10N.C5H5.2ClH.Ti/c1-2-6-12-11(5-1)7-8-13(12)14-9-3-4-10-14;1-2-4-5-3-1;;;/h1-10H;1-3H,4H2;2*1H;. The Morgan fingerprint density at radius 1 is 1.00 bits per heavy atom. The summed E-state index contributed by atoms with van der Waals surface area (Å²) >= 11 is -0.297. The number of hydrogen-bond donors (Lipinski definition) is 0. The van der Waals surface area contributed by atoms with Crippen LogP contribution in [0.2, 0.25) is 0 Å². The largest absolute Gasteiger partial charge is 0.147 e. The first-order valence-electron chi connectivity index (χ1n) is 6.95. The Morgan fingerprint density at radius 2 is 1.77 bits per heavy atom. The molecule has 1 atom stereocenters. The van der Waals surface area contributed by atoms with Gasteiger partial charge < -0.3 is 0 Å². The minimum atomic E-state index is -0.297. The zero-order chi connectivity index (χ0) is 13.4. The molecule has 1 unspecified atom stereocenters. The van der Waals surface area contributed by atoms with Crippen LogP contribution in [0, 0.1) is 0 Å². The molecule has 0 aliphatic heterocycles. The minimum absolute atomic E-state index is 0. The van der Waals surface area contributed by atoms with E-state index in [9.17, 15) is 0 Å². The molecule has 0 N–H and O–H groups in total. The average Bonchev–Trinajstić information content (AvgIpc) is 3.20. The van der Waals surface area contributed by atoms with Gasteiger partial charge in [-0.3, -0.25) is 0 Å². The van der Waals surface area contributed by atoms with Crippen LogP contribution in [0.5, 0.6) is 0 Å². The van der Waals surface area contributed by atoms with Crippen molar-refractivity contribution in [1.82, 2.24) is 4.57 Å². The maximum atomic E-state index is 2.41. The summed E-state index contributed by atoms with van der Waals surface area (Å²) in [6.45, 7) is 0. The van der Waals surface area contributed by atoms with Gasteiger partial charge in [-0.1, -0.05) is 0 Å². The summed E-state index contributed by atoms with van der Waals surface area (Å²) in [7, 11) is 0. The molecule has 1 nitrogen and oxygen atoms in total. The molecular formula is C18H17Cl2NTi. The van der Waals surface area contributed by atoms with Crippen LogP contribution in [0.25, 0.3) is 6.08 Å². The van der Waals surface area contributed by atoms with Crippen LogP contribution in [0.15, 0.2) is 77.0 Å². The molecule has 0 amide bonds. The number of rotatable bonds is 3. The predicted molar refractivity (Wildman–Crippen MR) is 93.3 cm³/mol. The third kappa shape index (κ3) is 2.79. The number of hydrogen-bond acceptors (Lipinski definition) is 0. The molecule has 4 heteroatoms. The van der Waals surface area contributed by atoms with Crippen LogP contribution in [0.3, 0.4) is 0 Å². The minimum Gasteiger partial charge on any atom is -0.147 e. The van der Waals surface area contributed by atoms with Gasteiger partial charge in [-0.05, 0) is 0 Å². The Morgan fingerprint density at radius 3 is 2.50 bits per heavy atom. The van der Waals surface area contributed by atoms with E-state index in [0.717, 1.165) is 6.42 Å². The Bertz CT molecular complexity index is 731. The van der Waals surface area contributed by atoms with Crippen molar-refractivity contribution in [3.05, 3.63) is 88.1 Å². The molecular weight excluding hydrogens is 349 g/mol. The average molecular weight is 366 g/mol. The van der Waals surface area contributed by atoms with Crippen molar-refractivity contribution in [1.29, 1.82) is 0 Å². The van der Waals surface area contributed by atoms with E-state index in [4.69, 9.17) is 0 Å². The van der Waals surface area contributed by atoms with Gasteiger partial charge in [-0.15, -0.1) is 24.8 Å². The summed E-state index contributed by atoms with van der Waals surface area (Å²) in [4.78, 5) is 0. The van der Waals surface area contributed by atoms with E-state index in [-0.39, 0.29) is 47.8 Å². The molecule has 2 aromatic rings. The van der Waals surface area contributed by atoms with Crippen molar-refractivity contribution in [2.24, 2.45) is 0 Å². The summed E-state index contributed by atoms with van der Waals surface area (Å²) in [5.74, 6) is 0. The second kappa shape index (κ2) is 7.06. The predicted octanol–water partition coefficient (Wildman–Crippen LogP) is 4.99. The second-order valence-corrected chi connectivity index (χ2v) is 7.81. The molecule has 0 saturated heterocycles. The molecule has 0 saturated carbocycles. The molecule has 0 radical (unpaired) electrons. The summed E-state index contributed by atoms with van der Waals surface area (Å²) in [6, 6.07) is 13.1. The van der Waals surface area contributed by atoms with Crippen LogP contribution in [-0.4, -0.2) is 4.57 Å². The van der Waals surface area contributed by atoms with Crippen molar-refractivity contribution in [2.75, 3.05) is 0 Å². The van der Waals surface area contributed by atoms with E-state index < -0.39 is 0 Å². The SMILES string of the molecule is C1=CC[C]([Ti][C]2(n3cccc3)C=Cc3ccccc32)=C1.Cl.Cl. The molecule has 1 aromatic carbocycles. The molecule has 1 heterocycles. The summed E-state index contributed by atoms with van der Waals surface area (Å²) in [6.07, 6.45) is 17.1. The molecule has 0 spiro atoms. The van der Waals surface area contributed by atoms with E-state index in [2.05, 4.69) is 83.7 Å². The third-order valence-corrected chi connectivity index (χ3v) is 6.77. The molecule has 0 fully saturated rings. The molecule has 4 rings (SSSR count). The molecule has 112 valence electrons. The Kier molecular flexibility index (Phi) is 5.57. The van der Waals surface area contributed by atoms with E-state index in [1.165, 1.54) is 11.1 Å². The van der Waals surface area contributed by atoms with Gasteiger partial charge in [0.2, 0.25) is 0 Å². The maximum absolute atomic E-state index is 2.41. The quantitative estimate of drug-likeness (QED) is 0.675. The zero-order valence-corrected chi connectivity index (χ0v) is 15.2. The second-order valence-electron chi connectivity index (χ2n) is 5.23. The first-order valence-corrected chi connectivity index (χ1v) is 8.51. The van der Waals surface area contributed by atoms with Crippen molar-refractivity contribution in [2.45, 2.75) is 10.3 Å². The van der Waals surface area contributed by atoms with Crippen LogP contribution in [0.4, 0.5) is 0 Å². The Labute approximate surface area is 152 Å². The molecule has 22 heavy (non-hydrogen) atoms. The first kappa shape index (κ1) is 17.4. The van der Waals surface area contributed by atoms with Crippen molar-refractivity contribution < 1.29 is 19.2 Å². The van der Waals surface area contributed by atoms with Gasteiger partial charge in [0, 0.05) is 0 Å². The normalized spacial score (nSPS) is 20.8. The first-order chi connectivity index (χ1) is 9.88. The van der Waals surface area contributed by atoms with Gasteiger partial charge in [-0.2, -0.15) is 0 Å². The van der Waals surface area contributed by atoms with Gasteiger partial charge in [0.15, 0.2) is 0 Å². The summed E-state index contributed by atoms with van der Waals surface area (Å²) in [5, 5.41) is 0. The van der Waals surface area contributed by atoms with Gasteiger partial charge in [0.05, 0.1) is 0 Å². The van der Waals surface area contributed by atoms with Crippen LogP contribution in [-0.2, 0) is 23.0 Å². The Balaban J connectivity index is 0.000000882. The van der Waals surface area contributed by atoms with E-state index in [1.807, 2.05) is 0 Å². The maximum Gasteiger partial charge on any atom is -0.147 e. The molecule has 0 bridgehead atoms. The van der Waals surface area contributed by atoms with Gasteiger partial charge in [0.25, 0.3) is 0 Å². The molecule has 2 aliphatic rings. The van der Waals surface area contributed by atoms with E-state index in [1.54, 1.807) is 3.88 Å². The third-order valence-electron chi connectivity index (χ3n) is 4.01. The number of nitrogens with zero attached hydrogens (tertiary/aromatic N) is 1. The van der Waals surface area contributed by atoms with Crippen molar-refractivity contribution in [3.8, 4) is 0 Å². The smallest absolute Gasteiger partial charge is 0.147 e. The van der Waals surface area contributed by atoms with Gasteiger partial charge >= 0.3 is 128 Å². The van der Waals surface area contributed by atoms with Gasteiger partial charge in [-0.25, -0.2) is 0 Å². The van der Waals surface area contributed by atoms with Crippen LogP contribution in [0.1, 0.15) is 17.5 Å². The summed E-state index contributed by atoms with van der Waals surface area (Å²) < 4.78 is 4.09. The molecule has 1 aromatic heterocycles. The number of fused-ring (bicyclic) bond motifs is 1. The zero-order valence-electron chi connectivity index (χ0n) is 12.0. The van der Waals surface area contributed by atoms with Crippen LogP contribution >= 0.6 is 24.8 Å². The van der Waals surface area contributed by atoms with Crippen molar-refractivity contribution in [3.63, 3.8) is 0 Å². The van der Waals surface area contributed by atoms with Crippen molar-refractivity contribution >= 4 is 30.9 Å². The number of aromatic nitrogens is 1. The van der Waals surface area contributed by atoms with Gasteiger partial charge in [0.1, 0.15) is 0 Å². The number of allylic oxidation sites excluding steroid dienone is 5. The molecule has 2 aliphatic carbocycles.